The molecule has 5 heteroatoms. The van der Waals surface area contributed by atoms with Crippen LogP contribution in [0.25, 0.3) is 0 Å². The van der Waals surface area contributed by atoms with E-state index in [1.807, 2.05) is 31.2 Å². The molecule has 1 heterocycles. The van der Waals surface area contributed by atoms with Crippen LogP contribution in [0.3, 0.4) is 0 Å². The molecule has 0 bridgehead atoms. The molecule has 1 aromatic carbocycles. The van der Waals surface area contributed by atoms with Crippen molar-refractivity contribution in [2.24, 2.45) is 0 Å². The normalized spacial score (nSPS) is 23.2. The molecule has 2 atom stereocenters. The Kier molecular flexibility index (Phi) is 4.27. The number of amides is 2. The molecule has 20 heavy (non-hydrogen) atoms. The summed E-state index contributed by atoms with van der Waals surface area (Å²) in [6.07, 6.45) is 0.340. The molecule has 1 aliphatic heterocycles. The molecule has 1 aromatic rings. The van der Waals surface area contributed by atoms with Crippen LogP contribution in [0.1, 0.15) is 25.8 Å². The van der Waals surface area contributed by atoms with Crippen molar-refractivity contribution in [3.05, 3.63) is 29.8 Å². The Labute approximate surface area is 118 Å². The van der Waals surface area contributed by atoms with Gasteiger partial charge in [-0.2, -0.15) is 0 Å². The molecular formula is C15H20N2O3. The SMILES string of the molecule is COc1ccc(CN2C(=O)C(C)NC(=O)CC2C)cc1. The van der Waals surface area contributed by atoms with Crippen LogP contribution < -0.4 is 10.1 Å². The Hall–Kier alpha value is -2.04. The molecule has 0 aliphatic carbocycles. The maximum Gasteiger partial charge on any atom is 0.245 e. The minimum atomic E-state index is -0.467. The van der Waals surface area contributed by atoms with Gasteiger partial charge >= 0.3 is 0 Å². The molecule has 0 radical (unpaired) electrons. The van der Waals surface area contributed by atoms with E-state index in [1.54, 1.807) is 18.9 Å². The molecule has 5 nitrogen and oxygen atoms in total. The van der Waals surface area contributed by atoms with Gasteiger partial charge in [0, 0.05) is 19.0 Å². The fraction of sp³-hybridized carbons (Fsp3) is 0.467. The zero-order valence-corrected chi connectivity index (χ0v) is 12.1. The Bertz CT molecular complexity index is 498. The summed E-state index contributed by atoms with van der Waals surface area (Å²) in [5.41, 5.74) is 1.02. The standard InChI is InChI=1S/C15H20N2O3/c1-10-8-14(18)16-11(2)15(19)17(10)9-12-4-6-13(20-3)7-5-12/h4-7,10-11H,8-9H2,1-3H3,(H,16,18). The van der Waals surface area contributed by atoms with Crippen molar-refractivity contribution < 1.29 is 14.3 Å². The molecule has 2 amide bonds. The highest BCUT2D eigenvalue weighted by molar-refractivity contribution is 5.90. The van der Waals surface area contributed by atoms with Crippen molar-refractivity contribution in [1.82, 2.24) is 10.2 Å². The number of methoxy groups -OCH3 is 1. The number of ether oxygens (including phenoxy) is 1. The van der Waals surface area contributed by atoms with E-state index in [1.165, 1.54) is 0 Å². The van der Waals surface area contributed by atoms with E-state index in [0.717, 1.165) is 11.3 Å². The average Bonchev–Trinajstić information content (AvgIpc) is 2.51. The van der Waals surface area contributed by atoms with Crippen molar-refractivity contribution in [2.45, 2.75) is 38.9 Å². The van der Waals surface area contributed by atoms with Gasteiger partial charge < -0.3 is 15.0 Å². The predicted molar refractivity (Wildman–Crippen MR) is 75.2 cm³/mol. The first-order valence-electron chi connectivity index (χ1n) is 6.74. The number of rotatable bonds is 3. The summed E-state index contributed by atoms with van der Waals surface area (Å²) >= 11 is 0. The predicted octanol–water partition coefficient (Wildman–Crippen LogP) is 1.32. The monoisotopic (exact) mass is 276 g/mol. The van der Waals surface area contributed by atoms with E-state index in [9.17, 15) is 9.59 Å². The average molecular weight is 276 g/mol. The largest absolute Gasteiger partial charge is 0.497 e. The smallest absolute Gasteiger partial charge is 0.245 e. The summed E-state index contributed by atoms with van der Waals surface area (Å²) in [4.78, 5) is 25.7. The fourth-order valence-corrected chi connectivity index (χ4v) is 2.37. The maximum absolute atomic E-state index is 12.3. The van der Waals surface area contributed by atoms with Gasteiger partial charge in [-0.25, -0.2) is 0 Å². The van der Waals surface area contributed by atoms with Crippen molar-refractivity contribution in [2.75, 3.05) is 7.11 Å². The molecule has 2 rings (SSSR count). The third kappa shape index (κ3) is 3.10. The molecule has 1 N–H and O–H groups in total. The molecule has 1 saturated heterocycles. The number of hydrogen-bond donors (Lipinski definition) is 1. The molecular weight excluding hydrogens is 256 g/mol. The van der Waals surface area contributed by atoms with Crippen LogP contribution in [0.4, 0.5) is 0 Å². The van der Waals surface area contributed by atoms with Crippen LogP contribution in [0.15, 0.2) is 24.3 Å². The number of nitrogens with zero attached hydrogens (tertiary/aromatic N) is 1. The van der Waals surface area contributed by atoms with Crippen molar-refractivity contribution >= 4 is 11.8 Å². The summed E-state index contributed by atoms with van der Waals surface area (Å²) in [5.74, 6) is 0.670. The lowest BCUT2D eigenvalue weighted by atomic mass is 10.1. The molecule has 0 spiro atoms. The lowest BCUT2D eigenvalue weighted by molar-refractivity contribution is -0.135. The third-order valence-electron chi connectivity index (χ3n) is 3.56. The Morgan fingerprint density at radius 3 is 2.50 bits per heavy atom. The number of carbonyl (C=O) groups is 2. The Morgan fingerprint density at radius 2 is 1.90 bits per heavy atom. The van der Waals surface area contributed by atoms with Crippen LogP contribution in [-0.4, -0.2) is 35.9 Å². The summed E-state index contributed by atoms with van der Waals surface area (Å²) in [7, 11) is 1.62. The van der Waals surface area contributed by atoms with Gasteiger partial charge in [-0.05, 0) is 31.5 Å². The zero-order chi connectivity index (χ0) is 14.7. The summed E-state index contributed by atoms with van der Waals surface area (Å²) in [6.45, 7) is 4.13. The van der Waals surface area contributed by atoms with Crippen LogP contribution >= 0.6 is 0 Å². The molecule has 108 valence electrons. The Balaban J connectivity index is 2.16. The molecule has 1 fully saturated rings. The lowest BCUT2D eigenvalue weighted by Gasteiger charge is -2.28. The van der Waals surface area contributed by atoms with Gasteiger partial charge in [0.05, 0.1) is 7.11 Å². The number of hydrogen-bond acceptors (Lipinski definition) is 3. The minimum Gasteiger partial charge on any atom is -0.497 e. The number of nitrogens with one attached hydrogen (secondary N) is 1. The highest BCUT2D eigenvalue weighted by atomic mass is 16.5. The van der Waals surface area contributed by atoms with Crippen molar-refractivity contribution in [3.8, 4) is 5.75 Å². The summed E-state index contributed by atoms with van der Waals surface area (Å²) in [6, 6.07) is 7.04. The van der Waals surface area contributed by atoms with Crippen LogP contribution in [0.5, 0.6) is 5.75 Å². The van der Waals surface area contributed by atoms with E-state index >= 15 is 0 Å². The van der Waals surface area contributed by atoms with Crippen LogP contribution in [0.2, 0.25) is 0 Å². The quantitative estimate of drug-likeness (QED) is 0.906. The fourth-order valence-electron chi connectivity index (χ4n) is 2.37. The van der Waals surface area contributed by atoms with E-state index in [0.29, 0.717) is 13.0 Å². The minimum absolute atomic E-state index is 0.0424. The van der Waals surface area contributed by atoms with Gasteiger partial charge in [0.25, 0.3) is 0 Å². The second kappa shape index (κ2) is 5.94. The topological polar surface area (TPSA) is 58.6 Å². The third-order valence-corrected chi connectivity index (χ3v) is 3.56. The highest BCUT2D eigenvalue weighted by Gasteiger charge is 2.31. The first-order chi connectivity index (χ1) is 9.51. The highest BCUT2D eigenvalue weighted by Crippen LogP contribution is 2.17. The van der Waals surface area contributed by atoms with Crippen molar-refractivity contribution in [1.29, 1.82) is 0 Å². The van der Waals surface area contributed by atoms with E-state index in [2.05, 4.69) is 5.32 Å². The zero-order valence-electron chi connectivity index (χ0n) is 12.1. The van der Waals surface area contributed by atoms with E-state index < -0.39 is 6.04 Å². The second-order valence-corrected chi connectivity index (χ2v) is 5.16. The number of carbonyl (C=O) groups excluding carboxylic acids is 2. The summed E-state index contributed by atoms with van der Waals surface area (Å²) < 4.78 is 5.12. The van der Waals surface area contributed by atoms with Gasteiger partial charge in [-0.15, -0.1) is 0 Å². The summed E-state index contributed by atoms with van der Waals surface area (Å²) in [5, 5.41) is 2.71. The molecule has 0 saturated carbocycles. The molecule has 0 aromatic heterocycles. The second-order valence-electron chi connectivity index (χ2n) is 5.16. The first kappa shape index (κ1) is 14.4. The molecule has 2 unspecified atom stereocenters. The van der Waals surface area contributed by atoms with Crippen molar-refractivity contribution in [3.63, 3.8) is 0 Å². The van der Waals surface area contributed by atoms with Gasteiger partial charge in [-0.1, -0.05) is 12.1 Å². The van der Waals surface area contributed by atoms with Gasteiger partial charge in [0.1, 0.15) is 11.8 Å². The Morgan fingerprint density at radius 1 is 1.25 bits per heavy atom. The molecule has 1 aliphatic rings. The maximum atomic E-state index is 12.3. The van der Waals surface area contributed by atoms with E-state index in [4.69, 9.17) is 4.74 Å². The van der Waals surface area contributed by atoms with Gasteiger partial charge in [-0.3, -0.25) is 9.59 Å². The van der Waals surface area contributed by atoms with Gasteiger partial charge in [0.15, 0.2) is 0 Å². The van der Waals surface area contributed by atoms with E-state index in [-0.39, 0.29) is 17.9 Å². The van der Waals surface area contributed by atoms with Crippen LogP contribution in [-0.2, 0) is 16.1 Å². The van der Waals surface area contributed by atoms with Gasteiger partial charge in [0.2, 0.25) is 11.8 Å². The lowest BCUT2D eigenvalue weighted by Crippen LogP contribution is -2.44. The van der Waals surface area contributed by atoms with Crippen LogP contribution in [0, 0.1) is 0 Å². The first-order valence-corrected chi connectivity index (χ1v) is 6.74. The number of benzene rings is 1.